The van der Waals surface area contributed by atoms with Crippen LogP contribution < -0.4 is 12.2 Å². The third-order valence-corrected chi connectivity index (χ3v) is 5.55. The molecular weight excluding hydrogens is 468 g/mol. The predicted octanol–water partition coefficient (Wildman–Crippen LogP) is 0.107. The van der Waals surface area contributed by atoms with Gasteiger partial charge >= 0.3 is 14.8 Å². The summed E-state index contributed by atoms with van der Waals surface area (Å²) >= 11 is -3.59. The van der Waals surface area contributed by atoms with E-state index in [4.69, 9.17) is 9.09 Å². The van der Waals surface area contributed by atoms with E-state index in [1.807, 2.05) is 16.7 Å². The van der Waals surface area contributed by atoms with E-state index in [2.05, 4.69) is 11.1 Å². The normalized spacial score (nSPS) is 12.9. The summed E-state index contributed by atoms with van der Waals surface area (Å²) in [5.74, 6) is -1.21. The smallest absolute Gasteiger partial charge is 0.361 e. The van der Waals surface area contributed by atoms with Crippen molar-refractivity contribution in [2.75, 3.05) is 6.54 Å². The Kier molecular flexibility index (Phi) is 5.81. The number of halogens is 1. The van der Waals surface area contributed by atoms with Gasteiger partial charge in [-0.1, -0.05) is 18.2 Å². The molecule has 0 saturated heterocycles. The third-order valence-electron chi connectivity index (χ3n) is 4.93. The van der Waals surface area contributed by atoms with E-state index in [0.717, 1.165) is 16.2 Å². The molecule has 0 fully saturated rings. The minimum absolute atomic E-state index is 0.0339. The second-order valence-corrected chi connectivity index (χ2v) is 7.90. The van der Waals surface area contributed by atoms with Crippen molar-refractivity contribution < 1.29 is 36.6 Å². The van der Waals surface area contributed by atoms with Crippen LogP contribution in [-0.4, -0.2) is 32.8 Å². The van der Waals surface area contributed by atoms with Crippen LogP contribution in [0.25, 0.3) is 0 Å². The van der Waals surface area contributed by atoms with E-state index < -0.39 is 26.6 Å². The monoisotopic (exact) mass is 482 g/mol. The average molecular weight is 483 g/mol. The molecule has 0 unspecified atom stereocenters. The Hall–Kier alpha value is -3.52. The van der Waals surface area contributed by atoms with Gasteiger partial charge in [-0.2, -0.15) is 5.26 Å². The number of rotatable bonds is 7. The molecule has 0 radical (unpaired) electrons. The lowest BCUT2D eigenvalue weighted by atomic mass is 10.1. The van der Waals surface area contributed by atoms with Crippen LogP contribution in [-0.2, 0) is 13.0 Å². The highest BCUT2D eigenvalue weighted by Gasteiger charge is 2.40. The number of carbonyl (C=O) groups is 2. The lowest BCUT2D eigenvalue weighted by molar-refractivity contribution is -1.62. The van der Waals surface area contributed by atoms with Crippen molar-refractivity contribution in [2.45, 2.75) is 13.0 Å². The molecule has 0 atom stereocenters. The summed E-state index contributed by atoms with van der Waals surface area (Å²) in [6, 6.07) is 13.6. The topological polar surface area (TPSA) is 134 Å². The van der Waals surface area contributed by atoms with Crippen LogP contribution in [0.15, 0.2) is 55.0 Å². The van der Waals surface area contributed by atoms with Gasteiger partial charge in [0.2, 0.25) is 5.75 Å². The second kappa shape index (κ2) is 8.69. The van der Waals surface area contributed by atoms with Crippen LogP contribution in [0, 0.1) is 26.1 Å². The molecule has 2 heterocycles. The molecular formula is C21H15BrN4O5. The summed E-state index contributed by atoms with van der Waals surface area (Å²) < 4.78 is 28.6. The number of hydrogen-bond donors (Lipinski definition) is 0. The number of imidazole rings is 1. The standard InChI is InChI=1S/C21H15BrN4O5/c23-10-14-4-6-15(7-5-14)12-25-13-24-11-16(25)8-9-26-20(27)17-2-1-3-18(31-22(29)30)19(17)21(26)28/h1-7,11,13H,8-9,12H2. The highest BCUT2D eigenvalue weighted by atomic mass is 80.0. The van der Waals surface area contributed by atoms with E-state index in [1.54, 1.807) is 24.7 Å². The maximum Gasteiger partial charge on any atom is 0.501 e. The molecule has 2 aromatic carbocycles. The number of nitriles is 1. The number of hydrogen-bond acceptors (Lipinski definition) is 7. The molecule has 3 aromatic rings. The van der Waals surface area contributed by atoms with Gasteiger partial charge in [-0.3, -0.25) is 14.5 Å². The van der Waals surface area contributed by atoms with E-state index >= 15 is 0 Å². The molecule has 1 aliphatic heterocycles. The van der Waals surface area contributed by atoms with E-state index in [1.165, 1.54) is 18.2 Å². The molecule has 9 nitrogen and oxygen atoms in total. The van der Waals surface area contributed by atoms with Crippen LogP contribution in [0.5, 0.6) is 5.75 Å². The van der Waals surface area contributed by atoms with Gasteiger partial charge in [-0.25, -0.2) is 4.98 Å². The van der Waals surface area contributed by atoms with E-state index in [9.17, 15) is 18.0 Å². The molecule has 2 amide bonds. The quantitative estimate of drug-likeness (QED) is 0.436. The maximum atomic E-state index is 12.8. The van der Waals surface area contributed by atoms with Gasteiger partial charge in [0.1, 0.15) is 5.56 Å². The third kappa shape index (κ3) is 4.20. The molecule has 1 aromatic heterocycles. The van der Waals surface area contributed by atoms with Crippen LogP contribution in [0.3, 0.4) is 0 Å². The van der Waals surface area contributed by atoms with E-state index in [0.29, 0.717) is 18.5 Å². The molecule has 31 heavy (non-hydrogen) atoms. The summed E-state index contributed by atoms with van der Waals surface area (Å²) in [7, 11) is 0. The Morgan fingerprint density at radius 1 is 1.10 bits per heavy atom. The van der Waals surface area contributed by atoms with Gasteiger partial charge in [0.05, 0.1) is 23.5 Å². The predicted molar refractivity (Wildman–Crippen MR) is 98.6 cm³/mol. The minimum Gasteiger partial charge on any atom is -0.361 e. The van der Waals surface area contributed by atoms with Crippen molar-refractivity contribution in [3.8, 4) is 11.8 Å². The highest BCUT2D eigenvalue weighted by Crippen LogP contribution is 2.31. The average Bonchev–Trinajstić information content (AvgIpc) is 3.29. The van der Waals surface area contributed by atoms with Gasteiger partial charge in [-0.15, -0.1) is 3.83 Å². The number of amides is 2. The minimum atomic E-state index is -3.59. The van der Waals surface area contributed by atoms with Crippen molar-refractivity contribution in [1.82, 2.24) is 14.5 Å². The first-order chi connectivity index (χ1) is 15.0. The summed E-state index contributed by atoms with van der Waals surface area (Å²) in [4.78, 5) is 30.7. The first-order valence-electron chi connectivity index (χ1n) is 9.19. The molecule has 0 aliphatic carbocycles. The zero-order valence-electron chi connectivity index (χ0n) is 16.0. The number of aromatic nitrogens is 2. The maximum absolute atomic E-state index is 12.8. The van der Waals surface area contributed by atoms with Crippen molar-refractivity contribution in [1.29, 1.82) is 5.26 Å². The van der Waals surface area contributed by atoms with Crippen LogP contribution >= 0.6 is 0 Å². The fraction of sp³-hybridized carbons (Fsp3) is 0.143. The first kappa shape index (κ1) is 20.7. The number of fused-ring (bicyclic) bond motifs is 1. The lowest BCUT2D eigenvalue weighted by Crippen LogP contribution is -2.37. The van der Waals surface area contributed by atoms with Crippen molar-refractivity contribution >= 4 is 11.8 Å². The van der Waals surface area contributed by atoms with Crippen LogP contribution in [0.4, 0.5) is 0 Å². The molecule has 0 N–H and O–H groups in total. The molecule has 10 heteroatoms. The highest BCUT2D eigenvalue weighted by molar-refractivity contribution is 6.22. The summed E-state index contributed by atoms with van der Waals surface area (Å²) in [5.41, 5.74) is 2.47. The Bertz CT molecular complexity index is 1180. The van der Waals surface area contributed by atoms with Gasteiger partial charge in [0.25, 0.3) is 11.8 Å². The van der Waals surface area contributed by atoms with Crippen molar-refractivity contribution in [2.24, 2.45) is 0 Å². The lowest BCUT2D eigenvalue weighted by Gasteiger charge is -2.15. The number of benzene rings is 2. The van der Waals surface area contributed by atoms with Gasteiger partial charge in [0, 0.05) is 31.4 Å². The zero-order valence-corrected chi connectivity index (χ0v) is 17.6. The fourth-order valence-electron chi connectivity index (χ4n) is 3.44. The molecule has 0 bridgehead atoms. The van der Waals surface area contributed by atoms with Crippen molar-refractivity contribution in [3.63, 3.8) is 0 Å². The zero-order chi connectivity index (χ0) is 22.0. The van der Waals surface area contributed by atoms with Crippen LogP contribution in [0.2, 0.25) is 0 Å². The van der Waals surface area contributed by atoms with Crippen molar-refractivity contribution in [3.05, 3.63) is 82.9 Å². The second-order valence-electron chi connectivity index (χ2n) is 6.78. The molecule has 0 spiro atoms. The van der Waals surface area contributed by atoms with Gasteiger partial charge in [-0.05, 0) is 29.8 Å². The number of carbonyl (C=O) groups excluding carboxylic acids is 2. The fourth-order valence-corrected chi connectivity index (χ4v) is 4.00. The largest absolute Gasteiger partial charge is 0.501 e. The Morgan fingerprint density at radius 3 is 2.58 bits per heavy atom. The number of nitrogens with zero attached hydrogens (tertiary/aromatic N) is 4. The van der Waals surface area contributed by atoms with E-state index in [-0.39, 0.29) is 23.4 Å². The summed E-state index contributed by atoms with van der Waals surface area (Å²) in [6.07, 6.45) is 3.70. The van der Waals surface area contributed by atoms with Crippen LogP contribution in [0.1, 0.15) is 37.5 Å². The molecule has 156 valence electrons. The van der Waals surface area contributed by atoms with Gasteiger partial charge < -0.3 is 13.0 Å². The molecule has 4 rings (SSSR count). The summed E-state index contributed by atoms with van der Waals surface area (Å²) in [5, 5.41) is 8.91. The molecule has 0 saturated carbocycles. The Morgan fingerprint density at radius 2 is 1.87 bits per heavy atom. The number of imide groups is 1. The Labute approximate surface area is 182 Å². The first-order valence-corrected chi connectivity index (χ1v) is 11.1. The Balaban J connectivity index is 1.48. The molecule has 1 aliphatic rings. The SMILES string of the molecule is N#Cc1ccc(Cn2cncc2CCN2C(=O)c3cccc(O[Br+2]([O-])[O-])c3C2=O)cc1. The van der Waals surface area contributed by atoms with Gasteiger partial charge in [0.15, 0.2) is 0 Å². The summed E-state index contributed by atoms with van der Waals surface area (Å²) in [6.45, 7) is 0.636.